The Labute approximate surface area is 249 Å². The number of piperazine rings is 1. The van der Waals surface area contributed by atoms with E-state index in [-0.39, 0.29) is 42.6 Å². The Morgan fingerprint density at radius 2 is 1.52 bits per heavy atom. The van der Waals surface area contributed by atoms with Gasteiger partial charge in [0.25, 0.3) is 5.91 Å². The largest absolute Gasteiger partial charge is 0.477 e. The fourth-order valence-corrected chi connectivity index (χ4v) is 5.32. The zero-order valence-corrected chi connectivity index (χ0v) is 23.7. The number of fused-ring (bicyclic) bond motifs is 1. The van der Waals surface area contributed by atoms with Crippen molar-refractivity contribution in [1.29, 1.82) is 0 Å². The zero-order chi connectivity index (χ0) is 31.8. The van der Waals surface area contributed by atoms with Gasteiger partial charge in [-0.1, -0.05) is 18.7 Å². The lowest BCUT2D eigenvalue weighted by Crippen LogP contribution is -2.45. The first-order chi connectivity index (χ1) is 20.7. The molecule has 0 unspecified atom stereocenters. The van der Waals surface area contributed by atoms with Gasteiger partial charge in [0, 0.05) is 50.5 Å². The van der Waals surface area contributed by atoms with Crippen LogP contribution < -0.4 is 9.64 Å². The molecule has 1 amide bonds. The quantitative estimate of drug-likeness (QED) is 0.287. The monoisotopic (exact) mass is 622 g/mol. The van der Waals surface area contributed by atoms with Crippen LogP contribution in [-0.2, 0) is 18.9 Å². The van der Waals surface area contributed by atoms with E-state index in [1.807, 2.05) is 11.8 Å². The summed E-state index contributed by atoms with van der Waals surface area (Å²) in [5.74, 6) is -0.692. The van der Waals surface area contributed by atoms with E-state index in [1.54, 1.807) is 6.07 Å². The summed E-state index contributed by atoms with van der Waals surface area (Å²) >= 11 is 0. The number of carbonyl (C=O) groups is 1. The highest BCUT2D eigenvalue weighted by Crippen LogP contribution is 2.38. The first kappa shape index (κ1) is 31.1. The van der Waals surface area contributed by atoms with Gasteiger partial charge in [0.2, 0.25) is 5.88 Å². The van der Waals surface area contributed by atoms with Crippen LogP contribution in [0.4, 0.5) is 36.6 Å². The Morgan fingerprint density at radius 1 is 0.909 bits per heavy atom. The number of anilines is 1. The number of carbonyl (C=O) groups excluding carboxylic acids is 1. The fraction of sp³-hybridized carbons (Fsp3) is 0.355. The summed E-state index contributed by atoms with van der Waals surface area (Å²) in [7, 11) is 0. The Kier molecular flexibility index (Phi) is 8.50. The molecule has 2 aliphatic rings. The molecule has 3 heterocycles. The maximum atomic E-state index is 14.1. The third kappa shape index (κ3) is 6.76. The minimum absolute atomic E-state index is 0.00332. The van der Waals surface area contributed by atoms with Crippen LogP contribution >= 0.6 is 0 Å². The summed E-state index contributed by atoms with van der Waals surface area (Å²) in [6.07, 6.45) is -9.79. The second-order valence-electron chi connectivity index (χ2n) is 10.8. The van der Waals surface area contributed by atoms with Gasteiger partial charge in [-0.15, -0.1) is 0 Å². The van der Waals surface area contributed by atoms with E-state index in [2.05, 4.69) is 16.5 Å². The average Bonchev–Trinajstić information content (AvgIpc) is 2.96. The van der Waals surface area contributed by atoms with Gasteiger partial charge in [0.1, 0.15) is 17.2 Å². The number of amides is 1. The maximum Gasteiger partial charge on any atom is 0.416 e. The SMILES string of the molecule is C=C(C)N1CCN(c2cc(-c3ccc(F)cc3)c3c(n2)OCCCN(Cc2cc(C(F)(F)F)cc(C(F)(F)F)c2)C3=O)CC1. The molecule has 0 bridgehead atoms. The molecule has 2 aliphatic heterocycles. The number of ether oxygens (including phenoxy) is 1. The second kappa shape index (κ2) is 12.0. The van der Waals surface area contributed by atoms with Gasteiger partial charge in [-0.25, -0.2) is 4.39 Å². The third-order valence-corrected chi connectivity index (χ3v) is 7.60. The number of aromatic nitrogens is 1. The predicted octanol–water partition coefficient (Wildman–Crippen LogP) is 7.01. The van der Waals surface area contributed by atoms with E-state index in [4.69, 9.17) is 4.74 Å². The van der Waals surface area contributed by atoms with Crippen molar-refractivity contribution in [3.63, 3.8) is 0 Å². The number of alkyl halides is 6. The molecule has 2 aromatic carbocycles. The summed E-state index contributed by atoms with van der Waals surface area (Å²) in [5, 5.41) is 0. The molecule has 0 atom stereocenters. The van der Waals surface area contributed by atoms with Crippen LogP contribution in [0.2, 0.25) is 0 Å². The predicted molar refractivity (Wildman–Crippen MR) is 150 cm³/mol. The molecule has 1 fully saturated rings. The van der Waals surface area contributed by atoms with Crippen LogP contribution in [-0.4, -0.2) is 60.0 Å². The summed E-state index contributed by atoms with van der Waals surface area (Å²) in [6.45, 7) is 8.04. The molecule has 0 saturated carbocycles. The van der Waals surface area contributed by atoms with Crippen molar-refractivity contribution in [2.75, 3.05) is 44.2 Å². The Bertz CT molecular complexity index is 1510. The lowest BCUT2D eigenvalue weighted by atomic mass is 9.98. The smallest absolute Gasteiger partial charge is 0.416 e. The van der Waals surface area contributed by atoms with Crippen LogP contribution in [0.25, 0.3) is 11.1 Å². The molecule has 6 nitrogen and oxygen atoms in total. The standard InChI is InChI=1S/C31H29F7N4O2/c1-19(2)40-9-11-41(12-10-40)26-17-25(21-4-6-24(32)7-5-21)27-28(39-26)44-13-3-8-42(29(27)43)18-20-14-22(30(33,34)35)16-23(15-20)31(36,37)38/h4-7,14-17H,1,3,8-13,18H2,2H3. The molecule has 0 spiro atoms. The second-order valence-corrected chi connectivity index (χ2v) is 10.8. The Morgan fingerprint density at radius 3 is 2.09 bits per heavy atom. The first-order valence-electron chi connectivity index (χ1n) is 13.9. The molecule has 13 heteroatoms. The highest BCUT2D eigenvalue weighted by molar-refractivity contribution is 6.03. The Hall–Kier alpha value is -4.29. The lowest BCUT2D eigenvalue weighted by molar-refractivity contribution is -0.143. The number of halogens is 7. The molecular formula is C31H29F7N4O2. The van der Waals surface area contributed by atoms with E-state index in [1.165, 1.54) is 29.2 Å². The number of benzene rings is 2. The summed E-state index contributed by atoms with van der Waals surface area (Å²) < 4.78 is 101. The van der Waals surface area contributed by atoms with Gasteiger partial charge in [-0.05, 0) is 60.9 Å². The molecular weight excluding hydrogens is 593 g/mol. The van der Waals surface area contributed by atoms with Crippen molar-refractivity contribution >= 4 is 11.7 Å². The molecule has 0 radical (unpaired) electrons. The Balaban J connectivity index is 1.57. The van der Waals surface area contributed by atoms with E-state index in [0.717, 1.165) is 5.70 Å². The van der Waals surface area contributed by atoms with E-state index in [0.29, 0.717) is 55.3 Å². The van der Waals surface area contributed by atoms with Crippen molar-refractivity contribution in [3.05, 3.63) is 88.9 Å². The number of pyridine rings is 1. The number of hydrogen-bond donors (Lipinski definition) is 0. The van der Waals surface area contributed by atoms with E-state index < -0.39 is 41.7 Å². The normalized spacial score (nSPS) is 16.3. The fourth-order valence-electron chi connectivity index (χ4n) is 5.32. The molecule has 1 saturated heterocycles. The van der Waals surface area contributed by atoms with Crippen molar-refractivity contribution in [2.45, 2.75) is 32.2 Å². The minimum atomic E-state index is -5.03. The third-order valence-electron chi connectivity index (χ3n) is 7.60. The number of allylic oxidation sites excluding steroid dienone is 1. The van der Waals surface area contributed by atoms with E-state index >= 15 is 0 Å². The van der Waals surface area contributed by atoms with Gasteiger partial charge in [0.15, 0.2) is 0 Å². The van der Waals surface area contributed by atoms with Gasteiger partial charge in [-0.2, -0.15) is 31.3 Å². The number of rotatable bonds is 5. The molecule has 5 rings (SSSR count). The van der Waals surface area contributed by atoms with Crippen molar-refractivity contribution in [2.24, 2.45) is 0 Å². The molecule has 234 valence electrons. The van der Waals surface area contributed by atoms with Crippen LogP contribution in [0.5, 0.6) is 5.88 Å². The van der Waals surface area contributed by atoms with Gasteiger partial charge >= 0.3 is 12.4 Å². The van der Waals surface area contributed by atoms with Gasteiger partial charge < -0.3 is 19.4 Å². The minimum Gasteiger partial charge on any atom is -0.477 e. The number of hydrogen-bond acceptors (Lipinski definition) is 5. The number of nitrogens with zero attached hydrogens (tertiary/aromatic N) is 4. The lowest BCUT2D eigenvalue weighted by Gasteiger charge is -2.37. The van der Waals surface area contributed by atoms with Crippen molar-refractivity contribution < 1.29 is 40.3 Å². The molecule has 1 aromatic heterocycles. The van der Waals surface area contributed by atoms with Crippen molar-refractivity contribution in [1.82, 2.24) is 14.8 Å². The van der Waals surface area contributed by atoms with Crippen LogP contribution in [0, 0.1) is 5.82 Å². The zero-order valence-electron chi connectivity index (χ0n) is 23.7. The summed E-state index contributed by atoms with van der Waals surface area (Å²) in [6, 6.07) is 8.36. The maximum absolute atomic E-state index is 14.1. The highest BCUT2D eigenvalue weighted by Gasteiger charge is 2.37. The summed E-state index contributed by atoms with van der Waals surface area (Å²) in [5.41, 5.74) is -1.52. The van der Waals surface area contributed by atoms with Gasteiger partial charge in [0.05, 0.1) is 17.7 Å². The summed E-state index contributed by atoms with van der Waals surface area (Å²) in [4.78, 5) is 24.1. The van der Waals surface area contributed by atoms with Gasteiger partial charge in [-0.3, -0.25) is 4.79 Å². The first-order valence-corrected chi connectivity index (χ1v) is 13.9. The van der Waals surface area contributed by atoms with E-state index in [9.17, 15) is 35.5 Å². The highest BCUT2D eigenvalue weighted by atomic mass is 19.4. The van der Waals surface area contributed by atoms with Crippen LogP contribution in [0.1, 0.15) is 40.4 Å². The molecule has 0 N–H and O–H groups in total. The van der Waals surface area contributed by atoms with Crippen molar-refractivity contribution in [3.8, 4) is 17.0 Å². The molecule has 3 aromatic rings. The average molecular weight is 623 g/mol. The van der Waals surface area contributed by atoms with Crippen LogP contribution in [0.3, 0.4) is 0 Å². The topological polar surface area (TPSA) is 48.9 Å². The molecule has 44 heavy (non-hydrogen) atoms. The molecule has 0 aliphatic carbocycles. The van der Waals surface area contributed by atoms with Crippen LogP contribution in [0.15, 0.2) is 60.8 Å².